The molecule has 1 aromatic carbocycles. The molecule has 0 fully saturated rings. The lowest BCUT2D eigenvalue weighted by molar-refractivity contribution is -0.0528. The summed E-state index contributed by atoms with van der Waals surface area (Å²) in [6.45, 7) is -1.22. The van der Waals surface area contributed by atoms with Crippen molar-refractivity contribution in [3.8, 4) is 23.1 Å². The van der Waals surface area contributed by atoms with Gasteiger partial charge >= 0.3 is 6.61 Å². The van der Waals surface area contributed by atoms with Crippen LogP contribution in [0.25, 0.3) is 22.2 Å². The number of aromatic nitrogens is 4. The van der Waals surface area contributed by atoms with Gasteiger partial charge in [0.2, 0.25) is 5.88 Å². The van der Waals surface area contributed by atoms with Crippen molar-refractivity contribution in [2.75, 3.05) is 11.1 Å². The monoisotopic (exact) mass is 507 g/mol. The van der Waals surface area contributed by atoms with Crippen LogP contribution in [0.3, 0.4) is 0 Å². The standard InChI is InChI=1S/C24H20F3N9O/c1-2-17(16(35-30)11-31-15-6-4-3-5-14(15)25)36-18(9-28)20(21-22(29)33-12-34-23(21)36)13-7-8-19(32-10-13)37-24(26)27/h3-8,10-12,17,24,30-31H,2H2,1H3,(H2,29,33,34)/b16-11-,35-30?. The molecule has 1 atom stereocenters. The molecular weight excluding hydrogens is 487 g/mol. The van der Waals surface area contributed by atoms with E-state index in [4.69, 9.17) is 11.3 Å². The Labute approximate surface area is 208 Å². The summed E-state index contributed by atoms with van der Waals surface area (Å²) >= 11 is 0. The first-order valence-electron chi connectivity index (χ1n) is 10.9. The fourth-order valence-electron chi connectivity index (χ4n) is 4.00. The third kappa shape index (κ3) is 4.90. The summed E-state index contributed by atoms with van der Waals surface area (Å²) in [5, 5.41) is 17.0. The Kier molecular flexibility index (Phi) is 7.28. The van der Waals surface area contributed by atoms with Crippen LogP contribution >= 0.6 is 0 Å². The summed E-state index contributed by atoms with van der Waals surface area (Å²) in [7, 11) is 0. The maximum absolute atomic E-state index is 14.1. The number of nitrogens with one attached hydrogen (secondary N) is 2. The van der Waals surface area contributed by atoms with Crippen LogP contribution in [0, 0.1) is 22.7 Å². The van der Waals surface area contributed by atoms with Crippen LogP contribution in [-0.4, -0.2) is 26.1 Å². The van der Waals surface area contributed by atoms with Gasteiger partial charge in [0, 0.05) is 29.6 Å². The number of fused-ring (bicyclic) bond motifs is 1. The van der Waals surface area contributed by atoms with E-state index >= 15 is 0 Å². The number of hydrogen-bond donors (Lipinski definition) is 3. The second kappa shape index (κ2) is 10.7. The van der Waals surface area contributed by atoms with Gasteiger partial charge in [0.05, 0.1) is 17.1 Å². The number of alkyl halides is 2. The van der Waals surface area contributed by atoms with E-state index < -0.39 is 18.5 Å². The lowest BCUT2D eigenvalue weighted by Gasteiger charge is -2.19. The number of nitrogens with two attached hydrogens (primary N) is 1. The number of hydrogen-bond acceptors (Lipinski definition) is 9. The Balaban J connectivity index is 1.89. The fraction of sp³-hybridized carbons (Fsp3) is 0.167. The van der Waals surface area contributed by atoms with Gasteiger partial charge in [-0.2, -0.15) is 19.2 Å². The number of ether oxygens (including phenoxy) is 1. The Morgan fingerprint density at radius 2 is 2.05 bits per heavy atom. The zero-order valence-electron chi connectivity index (χ0n) is 19.4. The minimum Gasteiger partial charge on any atom is -0.417 e. The summed E-state index contributed by atoms with van der Waals surface area (Å²) in [5.74, 6) is -0.709. The van der Waals surface area contributed by atoms with Crippen molar-refractivity contribution in [2.45, 2.75) is 26.0 Å². The van der Waals surface area contributed by atoms with Crippen molar-refractivity contribution in [3.05, 3.63) is 72.3 Å². The predicted octanol–water partition coefficient (Wildman–Crippen LogP) is 5.62. The van der Waals surface area contributed by atoms with E-state index in [9.17, 15) is 18.4 Å². The van der Waals surface area contributed by atoms with Crippen LogP contribution in [-0.2, 0) is 0 Å². The maximum Gasteiger partial charge on any atom is 0.388 e. The van der Waals surface area contributed by atoms with E-state index in [1.54, 1.807) is 16.7 Å². The Hall–Kier alpha value is -4.99. The molecule has 0 bridgehead atoms. The molecule has 0 aliphatic heterocycles. The van der Waals surface area contributed by atoms with Crippen molar-refractivity contribution in [1.29, 1.82) is 10.8 Å². The molecule has 0 aliphatic rings. The zero-order chi connectivity index (χ0) is 26.5. The molecule has 4 rings (SSSR count). The van der Waals surface area contributed by atoms with E-state index in [1.807, 2.05) is 6.92 Å². The van der Waals surface area contributed by atoms with Gasteiger partial charge in [-0.25, -0.2) is 24.9 Å². The first-order chi connectivity index (χ1) is 17.9. The third-order valence-corrected chi connectivity index (χ3v) is 5.57. The van der Waals surface area contributed by atoms with Crippen molar-refractivity contribution >= 4 is 22.5 Å². The van der Waals surface area contributed by atoms with Gasteiger partial charge in [0.15, 0.2) is 0 Å². The molecule has 1 unspecified atom stereocenters. The average molecular weight is 507 g/mol. The highest BCUT2D eigenvalue weighted by atomic mass is 19.3. The highest BCUT2D eigenvalue weighted by Crippen LogP contribution is 2.40. The number of para-hydroxylation sites is 1. The maximum atomic E-state index is 14.1. The molecule has 0 aliphatic carbocycles. The smallest absolute Gasteiger partial charge is 0.388 e. The quantitative estimate of drug-likeness (QED) is 0.249. The molecule has 0 radical (unpaired) electrons. The highest BCUT2D eigenvalue weighted by Gasteiger charge is 2.28. The molecule has 4 aromatic rings. The van der Waals surface area contributed by atoms with Crippen LogP contribution in [0.5, 0.6) is 5.88 Å². The summed E-state index contributed by atoms with van der Waals surface area (Å²) in [4.78, 5) is 12.3. The van der Waals surface area contributed by atoms with Crippen LogP contribution in [0.2, 0.25) is 0 Å². The van der Waals surface area contributed by atoms with E-state index in [0.29, 0.717) is 28.6 Å². The summed E-state index contributed by atoms with van der Waals surface area (Å²) in [5.41, 5.74) is 15.4. The lowest BCUT2D eigenvalue weighted by atomic mass is 10.0. The topological polar surface area (TPSA) is 151 Å². The molecule has 0 saturated heterocycles. The highest BCUT2D eigenvalue weighted by molar-refractivity contribution is 6.03. The van der Waals surface area contributed by atoms with E-state index in [2.05, 4.69) is 36.2 Å². The van der Waals surface area contributed by atoms with Crippen molar-refractivity contribution in [3.63, 3.8) is 0 Å². The SMILES string of the molecule is CCC(/C(=C/Nc1ccccc1F)N=N)n1c(C#N)c(-c2ccc(OC(F)F)nc2)c2c(N)ncnc21. The van der Waals surface area contributed by atoms with Gasteiger partial charge in [-0.3, -0.25) is 0 Å². The van der Waals surface area contributed by atoms with E-state index in [1.165, 1.54) is 43.0 Å². The molecule has 10 nitrogen and oxygen atoms in total. The van der Waals surface area contributed by atoms with E-state index in [0.717, 1.165) is 0 Å². The van der Waals surface area contributed by atoms with Gasteiger partial charge in [0.25, 0.3) is 0 Å². The summed E-state index contributed by atoms with van der Waals surface area (Å²) < 4.78 is 45.1. The summed E-state index contributed by atoms with van der Waals surface area (Å²) in [6, 6.07) is 10.2. The first-order valence-corrected chi connectivity index (χ1v) is 10.9. The molecule has 4 N–H and O–H groups in total. The molecule has 37 heavy (non-hydrogen) atoms. The van der Waals surface area contributed by atoms with Crippen molar-refractivity contribution in [1.82, 2.24) is 19.5 Å². The molecule has 3 heterocycles. The second-order valence-corrected chi connectivity index (χ2v) is 7.66. The number of pyridine rings is 1. The molecular formula is C24H20F3N9O. The van der Waals surface area contributed by atoms with Crippen molar-refractivity contribution in [2.24, 2.45) is 5.11 Å². The molecule has 0 saturated carbocycles. The van der Waals surface area contributed by atoms with Gasteiger partial charge in [0.1, 0.15) is 41.1 Å². The predicted molar refractivity (Wildman–Crippen MR) is 129 cm³/mol. The van der Waals surface area contributed by atoms with Crippen molar-refractivity contribution < 1.29 is 17.9 Å². The Morgan fingerprint density at radius 1 is 1.27 bits per heavy atom. The summed E-state index contributed by atoms with van der Waals surface area (Å²) in [6.07, 6.45) is 4.27. The van der Waals surface area contributed by atoms with Crippen LogP contribution in [0.1, 0.15) is 25.1 Å². The van der Waals surface area contributed by atoms with Crippen LogP contribution in [0.15, 0.2) is 65.9 Å². The zero-order valence-corrected chi connectivity index (χ0v) is 19.4. The molecule has 13 heteroatoms. The van der Waals surface area contributed by atoms with Gasteiger partial charge in [-0.1, -0.05) is 19.1 Å². The lowest BCUT2D eigenvalue weighted by Crippen LogP contribution is -2.14. The largest absolute Gasteiger partial charge is 0.417 e. The number of nitriles is 1. The molecule has 188 valence electrons. The van der Waals surface area contributed by atoms with Crippen LogP contribution < -0.4 is 15.8 Å². The second-order valence-electron chi connectivity index (χ2n) is 7.66. The van der Waals surface area contributed by atoms with Gasteiger partial charge < -0.3 is 20.4 Å². The van der Waals surface area contributed by atoms with E-state index in [-0.39, 0.29) is 28.8 Å². The van der Waals surface area contributed by atoms with Gasteiger partial charge in [-0.15, -0.1) is 0 Å². The minimum atomic E-state index is -3.04. The minimum absolute atomic E-state index is 0.0795. The number of allylic oxidation sites excluding steroid dienone is 1. The van der Waals surface area contributed by atoms with Crippen LogP contribution in [0.4, 0.5) is 24.7 Å². The number of anilines is 2. The Bertz CT molecular complexity index is 1510. The van der Waals surface area contributed by atoms with Gasteiger partial charge in [-0.05, 0) is 24.6 Å². The average Bonchev–Trinajstić information content (AvgIpc) is 3.22. The fourth-order valence-corrected chi connectivity index (χ4v) is 4.00. The Morgan fingerprint density at radius 3 is 2.68 bits per heavy atom. The molecule has 0 amide bonds. The first kappa shape index (κ1) is 25.1. The number of rotatable bonds is 9. The number of halogens is 3. The molecule has 0 spiro atoms. The third-order valence-electron chi connectivity index (χ3n) is 5.57. The molecule has 3 aromatic heterocycles. The number of nitrogen functional groups attached to an aromatic ring is 1. The number of benzene rings is 1. The number of nitrogens with zero attached hydrogens (tertiary/aromatic N) is 6. The normalized spacial score (nSPS) is 12.4.